The molecule has 0 saturated carbocycles. The first kappa shape index (κ1) is 23.1. The average molecular weight is 472 g/mol. The molecule has 170 valence electrons. The summed E-state index contributed by atoms with van der Waals surface area (Å²) >= 11 is 8.13. The van der Waals surface area contributed by atoms with Crippen molar-refractivity contribution in [2.45, 2.75) is 42.4 Å². The van der Waals surface area contributed by atoms with Crippen LogP contribution in [0.4, 0.5) is 5.69 Å². The van der Waals surface area contributed by atoms with Gasteiger partial charge in [-0.3, -0.25) is 9.69 Å². The second-order valence-electron chi connectivity index (χ2n) is 8.09. The van der Waals surface area contributed by atoms with Crippen LogP contribution in [0.1, 0.15) is 38.2 Å². The van der Waals surface area contributed by atoms with Crippen molar-refractivity contribution in [3.63, 3.8) is 0 Å². The molecule has 1 saturated heterocycles. The third kappa shape index (κ3) is 5.85. The first-order valence-electron chi connectivity index (χ1n) is 11.4. The van der Waals surface area contributed by atoms with Gasteiger partial charge < -0.3 is 9.64 Å². The van der Waals surface area contributed by atoms with Gasteiger partial charge in [-0.15, -0.1) is 0 Å². The smallest absolute Gasteiger partial charge is 0.305 e. The zero-order chi connectivity index (χ0) is 22.3. The van der Waals surface area contributed by atoms with E-state index in [1.807, 2.05) is 25.1 Å². The summed E-state index contributed by atoms with van der Waals surface area (Å²) in [6.45, 7) is 7.31. The summed E-state index contributed by atoms with van der Waals surface area (Å²) in [7, 11) is 0. The number of hydrogen-bond donors (Lipinski definition) is 0. The van der Waals surface area contributed by atoms with Crippen molar-refractivity contribution in [1.82, 2.24) is 9.80 Å². The molecule has 0 unspecified atom stereocenters. The molecule has 2 aliphatic rings. The molecule has 0 aliphatic carbocycles. The first-order chi connectivity index (χ1) is 15.6. The van der Waals surface area contributed by atoms with Crippen molar-refractivity contribution in [3.05, 3.63) is 53.1 Å². The minimum Gasteiger partial charge on any atom is -0.466 e. The largest absolute Gasteiger partial charge is 0.466 e. The summed E-state index contributed by atoms with van der Waals surface area (Å²) in [5.74, 6) is 0.944. The lowest BCUT2D eigenvalue weighted by Crippen LogP contribution is -2.49. The van der Waals surface area contributed by atoms with Gasteiger partial charge in [0.05, 0.1) is 12.3 Å². The molecule has 0 aromatic heterocycles. The Hall–Kier alpha value is -2.02. The Morgan fingerprint density at radius 2 is 1.88 bits per heavy atom. The number of rotatable bonds is 7. The zero-order valence-electron chi connectivity index (χ0n) is 18.6. The number of esters is 1. The molecule has 7 heteroatoms. The van der Waals surface area contributed by atoms with E-state index >= 15 is 0 Å². The predicted molar refractivity (Wildman–Crippen MR) is 131 cm³/mol. The number of piperazine rings is 1. The molecule has 5 nitrogen and oxygen atoms in total. The summed E-state index contributed by atoms with van der Waals surface area (Å²) in [5, 5.41) is 0.740. The number of halogens is 1. The molecule has 0 radical (unpaired) electrons. The minimum atomic E-state index is -0.0783. The van der Waals surface area contributed by atoms with Gasteiger partial charge in [0.2, 0.25) is 0 Å². The fourth-order valence-corrected chi connectivity index (χ4v) is 5.30. The van der Waals surface area contributed by atoms with E-state index in [0.717, 1.165) is 74.1 Å². The van der Waals surface area contributed by atoms with Gasteiger partial charge >= 0.3 is 5.97 Å². The Balaban J connectivity index is 1.36. The van der Waals surface area contributed by atoms with Crippen LogP contribution >= 0.6 is 23.4 Å². The van der Waals surface area contributed by atoms with Gasteiger partial charge in [0.15, 0.2) is 0 Å². The molecule has 2 aromatic carbocycles. The quantitative estimate of drug-likeness (QED) is 0.387. The van der Waals surface area contributed by atoms with Gasteiger partial charge in [0, 0.05) is 53.0 Å². The van der Waals surface area contributed by atoms with Crippen LogP contribution in [0.25, 0.3) is 0 Å². The van der Waals surface area contributed by atoms with E-state index in [1.165, 1.54) is 9.79 Å². The zero-order valence-corrected chi connectivity index (χ0v) is 20.1. The van der Waals surface area contributed by atoms with E-state index in [4.69, 9.17) is 21.3 Å². The average Bonchev–Trinajstić information content (AvgIpc) is 2.96. The summed E-state index contributed by atoms with van der Waals surface area (Å²) < 4.78 is 5.00. The molecule has 0 amide bonds. The summed E-state index contributed by atoms with van der Waals surface area (Å²) in [4.78, 5) is 23.8. The number of hydrogen-bond acceptors (Lipinski definition) is 6. The fraction of sp³-hybridized carbons (Fsp3) is 0.440. The number of ether oxygens (including phenoxy) is 1. The highest BCUT2D eigenvalue weighted by atomic mass is 35.5. The van der Waals surface area contributed by atoms with Crippen LogP contribution in [0.2, 0.25) is 5.02 Å². The van der Waals surface area contributed by atoms with Crippen molar-refractivity contribution in [3.8, 4) is 0 Å². The lowest BCUT2D eigenvalue weighted by atomic mass is 10.1. The van der Waals surface area contributed by atoms with Gasteiger partial charge in [0.1, 0.15) is 5.84 Å². The highest BCUT2D eigenvalue weighted by molar-refractivity contribution is 7.99. The van der Waals surface area contributed by atoms with Crippen molar-refractivity contribution < 1.29 is 9.53 Å². The Bertz CT molecular complexity index is 973. The van der Waals surface area contributed by atoms with E-state index in [9.17, 15) is 4.79 Å². The maximum Gasteiger partial charge on any atom is 0.305 e. The van der Waals surface area contributed by atoms with Crippen LogP contribution < -0.4 is 0 Å². The SMILES string of the molecule is CCOC(=O)CCCCCN1CCN(C2=Nc3ccccc3Sc3ccc(Cl)cc32)CC1. The van der Waals surface area contributed by atoms with Gasteiger partial charge in [-0.05, 0) is 56.6 Å². The fourth-order valence-electron chi connectivity index (χ4n) is 4.13. The summed E-state index contributed by atoms with van der Waals surface area (Å²) in [6.07, 6.45) is 3.61. The van der Waals surface area contributed by atoms with Crippen molar-refractivity contribution in [2.24, 2.45) is 4.99 Å². The van der Waals surface area contributed by atoms with Crippen LogP contribution in [-0.2, 0) is 9.53 Å². The standard InChI is InChI=1S/C25H30ClN3O2S/c1-2-31-24(30)10-4-3-7-13-28-14-16-29(17-15-28)25-20-18-19(26)11-12-22(20)32-23-9-6-5-8-21(23)27-25/h5-6,8-9,11-12,18H,2-4,7,10,13-17H2,1H3. The number of carbonyl (C=O) groups excluding carboxylic acids is 1. The normalized spacial score (nSPS) is 16.1. The number of nitrogens with zero attached hydrogens (tertiary/aromatic N) is 3. The number of amidine groups is 1. The topological polar surface area (TPSA) is 45.1 Å². The lowest BCUT2D eigenvalue weighted by molar-refractivity contribution is -0.143. The highest BCUT2D eigenvalue weighted by Gasteiger charge is 2.25. The van der Waals surface area contributed by atoms with E-state index < -0.39 is 0 Å². The van der Waals surface area contributed by atoms with Gasteiger partial charge in [0.25, 0.3) is 0 Å². The van der Waals surface area contributed by atoms with E-state index in [1.54, 1.807) is 11.8 Å². The molecule has 1 fully saturated rings. The van der Waals surface area contributed by atoms with Gasteiger partial charge in [-0.1, -0.05) is 41.9 Å². The molecular formula is C25H30ClN3O2S. The van der Waals surface area contributed by atoms with Crippen molar-refractivity contribution >= 4 is 40.9 Å². The van der Waals surface area contributed by atoms with Crippen molar-refractivity contribution in [1.29, 1.82) is 0 Å². The Kier molecular flexibility index (Phi) is 8.11. The Morgan fingerprint density at radius 1 is 1.06 bits per heavy atom. The minimum absolute atomic E-state index is 0.0783. The molecule has 32 heavy (non-hydrogen) atoms. The maximum atomic E-state index is 11.4. The van der Waals surface area contributed by atoms with Crippen LogP contribution in [0.5, 0.6) is 0 Å². The van der Waals surface area contributed by atoms with Crippen LogP contribution in [0.3, 0.4) is 0 Å². The second-order valence-corrected chi connectivity index (χ2v) is 9.61. The van der Waals surface area contributed by atoms with Crippen molar-refractivity contribution in [2.75, 3.05) is 39.3 Å². The number of unbranched alkanes of at least 4 members (excludes halogenated alkanes) is 2. The number of fused-ring (bicyclic) bond motifs is 2. The Labute approximate surface area is 199 Å². The highest BCUT2D eigenvalue weighted by Crippen LogP contribution is 2.41. The van der Waals surface area contributed by atoms with E-state index in [0.29, 0.717) is 13.0 Å². The number of benzene rings is 2. The monoisotopic (exact) mass is 471 g/mol. The predicted octanol–water partition coefficient (Wildman–Crippen LogP) is 5.62. The van der Waals surface area contributed by atoms with Crippen LogP contribution in [-0.4, -0.2) is 60.9 Å². The third-order valence-electron chi connectivity index (χ3n) is 5.83. The van der Waals surface area contributed by atoms with E-state index in [2.05, 4.69) is 34.1 Å². The second kappa shape index (κ2) is 11.2. The third-order valence-corrected chi connectivity index (χ3v) is 7.20. The molecule has 0 bridgehead atoms. The number of para-hydroxylation sites is 1. The maximum absolute atomic E-state index is 11.4. The molecule has 0 atom stereocenters. The Morgan fingerprint density at radius 3 is 2.69 bits per heavy atom. The molecule has 2 heterocycles. The lowest BCUT2D eigenvalue weighted by Gasteiger charge is -2.36. The first-order valence-corrected chi connectivity index (χ1v) is 12.6. The molecule has 4 rings (SSSR count). The van der Waals surface area contributed by atoms with Gasteiger partial charge in [-0.25, -0.2) is 4.99 Å². The molecule has 2 aliphatic heterocycles. The van der Waals surface area contributed by atoms with E-state index in [-0.39, 0.29) is 5.97 Å². The van der Waals surface area contributed by atoms with Crippen LogP contribution in [0, 0.1) is 0 Å². The van der Waals surface area contributed by atoms with Gasteiger partial charge in [-0.2, -0.15) is 0 Å². The molecule has 0 spiro atoms. The molecule has 2 aromatic rings. The summed E-state index contributed by atoms with van der Waals surface area (Å²) in [5.41, 5.74) is 2.13. The molecule has 0 N–H and O–H groups in total. The number of carbonyl (C=O) groups is 1. The molecular weight excluding hydrogens is 442 g/mol. The number of aliphatic imine (C=N–C) groups is 1. The summed E-state index contributed by atoms with van der Waals surface area (Å²) in [6, 6.07) is 14.4. The van der Waals surface area contributed by atoms with Crippen LogP contribution in [0.15, 0.2) is 57.2 Å².